The highest BCUT2D eigenvalue weighted by Crippen LogP contribution is 2.44. The zero-order chi connectivity index (χ0) is 41.2. The molecule has 4 N–H and O–H groups in total. The molecule has 4 atom stereocenters. The topological polar surface area (TPSA) is 175 Å². The number of benzene rings is 2. The van der Waals surface area contributed by atoms with E-state index in [1.54, 1.807) is 27.6 Å². The zero-order valence-electron chi connectivity index (χ0n) is 33.2. The van der Waals surface area contributed by atoms with Crippen LogP contribution in [-0.4, -0.2) is 87.1 Å². The highest BCUT2D eigenvalue weighted by Gasteiger charge is 2.39. The van der Waals surface area contributed by atoms with Crippen LogP contribution in [-0.2, 0) is 19.1 Å². The quantitative estimate of drug-likeness (QED) is 0.101. The molecule has 2 aromatic carbocycles. The Balaban J connectivity index is 0.968. The number of alkyl carbamates (subject to hydrolysis) is 2. The maximum absolute atomic E-state index is 14.0. The first-order valence-electron chi connectivity index (χ1n) is 19.7. The molecule has 306 valence electrons. The van der Waals surface area contributed by atoms with Gasteiger partial charge >= 0.3 is 12.2 Å². The lowest BCUT2D eigenvalue weighted by atomic mass is 10.0. The number of thiophene rings is 2. The van der Waals surface area contributed by atoms with E-state index in [1.807, 2.05) is 61.5 Å². The molecule has 4 aromatic heterocycles. The number of carbonyl (C=O) groups is 4. The molecule has 59 heavy (non-hydrogen) atoms. The van der Waals surface area contributed by atoms with Crippen LogP contribution >= 0.6 is 22.7 Å². The number of hydrogen-bond acceptors (Lipinski definition) is 10. The Kier molecular flexibility index (Phi) is 11.5. The third-order valence-electron chi connectivity index (χ3n) is 11.2. The molecule has 2 aliphatic heterocycles. The van der Waals surface area contributed by atoms with Crippen molar-refractivity contribution >= 4 is 56.1 Å². The monoisotopic (exact) mass is 834 g/mol. The number of nitrogens with zero attached hydrogens (tertiary/aromatic N) is 4. The fraction of sp³-hybridized carbons (Fsp3) is 0.349. The molecule has 0 bridgehead atoms. The van der Waals surface area contributed by atoms with Gasteiger partial charge in [0, 0.05) is 46.7 Å². The van der Waals surface area contributed by atoms with Crippen molar-refractivity contribution < 1.29 is 28.7 Å². The first kappa shape index (κ1) is 39.8. The van der Waals surface area contributed by atoms with E-state index in [0.29, 0.717) is 24.5 Å². The van der Waals surface area contributed by atoms with Crippen molar-refractivity contribution in [3.8, 4) is 33.6 Å². The van der Waals surface area contributed by atoms with E-state index in [9.17, 15) is 19.2 Å². The lowest BCUT2D eigenvalue weighted by Crippen LogP contribution is -2.51. The molecule has 4 amide bonds. The minimum Gasteiger partial charge on any atom is -0.453 e. The second-order valence-corrected chi connectivity index (χ2v) is 16.9. The summed E-state index contributed by atoms with van der Waals surface area (Å²) >= 11 is 3.38. The lowest BCUT2D eigenvalue weighted by molar-refractivity contribution is -0.135. The molecular weight excluding hydrogens is 789 g/mol. The normalized spacial score (nSPS) is 17.6. The van der Waals surface area contributed by atoms with E-state index in [2.05, 4.69) is 55.6 Å². The van der Waals surface area contributed by atoms with E-state index in [-0.39, 0.29) is 29.8 Å². The molecule has 8 rings (SSSR count). The van der Waals surface area contributed by atoms with Crippen molar-refractivity contribution in [3.63, 3.8) is 0 Å². The van der Waals surface area contributed by atoms with E-state index in [1.165, 1.54) is 18.9 Å². The van der Waals surface area contributed by atoms with Gasteiger partial charge in [-0.25, -0.2) is 19.6 Å². The molecule has 0 spiro atoms. The molecular formula is C43H46N8O6S2. The minimum atomic E-state index is -0.882. The van der Waals surface area contributed by atoms with Gasteiger partial charge in [-0.3, -0.25) is 9.59 Å². The van der Waals surface area contributed by atoms with Crippen LogP contribution < -0.4 is 10.6 Å². The fourth-order valence-electron chi connectivity index (χ4n) is 8.11. The summed E-state index contributed by atoms with van der Waals surface area (Å²) in [4.78, 5) is 72.0. The van der Waals surface area contributed by atoms with Crippen LogP contribution in [0.25, 0.3) is 43.0 Å². The largest absolute Gasteiger partial charge is 0.453 e. The van der Waals surface area contributed by atoms with Crippen LogP contribution in [0.3, 0.4) is 0 Å². The van der Waals surface area contributed by atoms with Crippen molar-refractivity contribution in [1.29, 1.82) is 0 Å². The van der Waals surface area contributed by atoms with E-state index < -0.39 is 24.3 Å². The second-order valence-electron chi connectivity index (χ2n) is 15.1. The van der Waals surface area contributed by atoms with E-state index in [4.69, 9.17) is 19.4 Å². The summed E-state index contributed by atoms with van der Waals surface area (Å²) in [6.45, 7) is 4.95. The predicted octanol–water partition coefficient (Wildman–Crippen LogP) is 8.21. The summed E-state index contributed by atoms with van der Waals surface area (Å²) in [6.07, 6.45) is 5.63. The summed E-state index contributed by atoms with van der Waals surface area (Å²) in [6, 6.07) is 15.5. The number of ether oxygens (including phenoxy) is 2. The van der Waals surface area contributed by atoms with Gasteiger partial charge < -0.3 is 39.9 Å². The summed E-state index contributed by atoms with van der Waals surface area (Å²) in [5.74, 6) is 0.981. The van der Waals surface area contributed by atoms with Crippen molar-refractivity contribution in [3.05, 3.63) is 95.0 Å². The number of H-pyrrole nitrogens is 2. The number of aromatic amines is 2. The van der Waals surface area contributed by atoms with Crippen molar-refractivity contribution in [2.45, 2.75) is 63.7 Å². The van der Waals surface area contributed by atoms with Crippen molar-refractivity contribution in [1.82, 2.24) is 40.4 Å². The SMILES string of the molecule is COC(=O)N[C@H](C(=O)N1CCC[C@H]1c1nc(-c2ccc(-c3csc4c(-c5cnc([C@@H]6CCCN6C(=O)[C@H](NC(=O)OC)c6ccccc6)[nH]5)csc34)cc2)c[nH]1)C(C)C. The van der Waals surface area contributed by atoms with E-state index >= 15 is 0 Å². The van der Waals surface area contributed by atoms with Crippen LogP contribution in [0, 0.1) is 5.92 Å². The molecule has 2 fully saturated rings. The Bertz CT molecular complexity index is 2460. The van der Waals surface area contributed by atoms with Crippen LogP contribution in [0.5, 0.6) is 0 Å². The molecule has 6 aromatic rings. The zero-order valence-corrected chi connectivity index (χ0v) is 34.8. The highest BCUT2D eigenvalue weighted by atomic mass is 32.1. The first-order valence-corrected chi connectivity index (χ1v) is 21.5. The Hall–Kier alpha value is -6.00. The summed E-state index contributed by atoms with van der Waals surface area (Å²) in [5, 5.41) is 9.76. The number of hydrogen-bond donors (Lipinski definition) is 4. The van der Waals surface area contributed by atoms with Gasteiger partial charge in [0.2, 0.25) is 5.91 Å². The number of carbonyl (C=O) groups excluding carboxylic acids is 4. The van der Waals surface area contributed by atoms with Crippen LogP contribution in [0.2, 0.25) is 0 Å². The first-order chi connectivity index (χ1) is 28.6. The summed E-state index contributed by atoms with van der Waals surface area (Å²) in [5.41, 5.74) is 6.62. The third-order valence-corrected chi connectivity index (χ3v) is 13.3. The Morgan fingerprint density at radius 1 is 0.780 bits per heavy atom. The average molecular weight is 835 g/mol. The average Bonchev–Trinajstić information content (AvgIpc) is 4.11. The second kappa shape index (κ2) is 17.1. The number of methoxy groups -OCH3 is 2. The van der Waals surface area contributed by atoms with Gasteiger partial charge in [0.15, 0.2) is 0 Å². The van der Waals surface area contributed by atoms with Gasteiger partial charge in [-0.05, 0) is 42.7 Å². The molecule has 16 heteroatoms. The maximum atomic E-state index is 14.0. The molecule has 2 aliphatic rings. The highest BCUT2D eigenvalue weighted by molar-refractivity contribution is 7.27. The Labute approximate surface area is 349 Å². The molecule has 14 nitrogen and oxygen atoms in total. The van der Waals surface area contributed by atoms with Gasteiger partial charge in [-0.2, -0.15) is 0 Å². The van der Waals surface area contributed by atoms with Gasteiger partial charge in [-0.15, -0.1) is 22.7 Å². The van der Waals surface area contributed by atoms with Gasteiger partial charge in [0.25, 0.3) is 5.91 Å². The number of aromatic nitrogens is 4. The summed E-state index contributed by atoms with van der Waals surface area (Å²) < 4.78 is 12.0. The smallest absolute Gasteiger partial charge is 0.407 e. The molecule has 0 saturated carbocycles. The molecule has 6 heterocycles. The maximum Gasteiger partial charge on any atom is 0.407 e. The number of amides is 4. The van der Waals surface area contributed by atoms with Gasteiger partial charge in [-0.1, -0.05) is 68.4 Å². The number of imidazole rings is 2. The molecule has 0 radical (unpaired) electrons. The number of fused-ring (bicyclic) bond motifs is 1. The molecule has 0 unspecified atom stereocenters. The predicted molar refractivity (Wildman–Crippen MR) is 227 cm³/mol. The van der Waals surface area contributed by atoms with Gasteiger partial charge in [0.1, 0.15) is 23.7 Å². The number of nitrogens with one attached hydrogen (secondary N) is 4. The molecule has 2 saturated heterocycles. The minimum absolute atomic E-state index is 0.108. The lowest BCUT2D eigenvalue weighted by Gasteiger charge is -2.29. The molecule has 0 aliphatic carbocycles. The number of rotatable bonds is 11. The number of likely N-dealkylation sites (tertiary alicyclic amines) is 2. The fourth-order valence-corrected chi connectivity index (χ4v) is 10.5. The van der Waals surface area contributed by atoms with Crippen molar-refractivity contribution in [2.75, 3.05) is 27.3 Å². The third kappa shape index (κ3) is 7.93. The summed E-state index contributed by atoms with van der Waals surface area (Å²) in [7, 11) is 2.58. The van der Waals surface area contributed by atoms with Crippen LogP contribution in [0.1, 0.15) is 74.9 Å². The van der Waals surface area contributed by atoms with Crippen LogP contribution in [0.15, 0.2) is 77.8 Å². The van der Waals surface area contributed by atoms with Crippen LogP contribution in [0.4, 0.5) is 9.59 Å². The van der Waals surface area contributed by atoms with E-state index in [0.717, 1.165) is 69.8 Å². The standard InChI is InChI=1S/C43H46N8O6S2/c1-24(2)34(48-42(54)56-3)40(52)50-18-8-12-32(50)38-44-20-30(46-38)26-16-14-25(15-17-26)28-22-58-37-29(23-59-36(28)37)31-21-45-39(47-31)33-13-9-19-51(33)41(53)35(49-43(55)57-4)27-10-6-5-7-11-27/h5-7,10-11,14-17,20-24,32-35H,8-9,12-13,18-19H2,1-4H3,(H,44,46)(H,45,47)(H,48,54)(H,49,55)/t32-,33-,34-,35+/m0/s1. The van der Waals surface area contributed by atoms with Gasteiger partial charge in [0.05, 0.1) is 53.3 Å². The Morgan fingerprint density at radius 2 is 1.39 bits per heavy atom. The Morgan fingerprint density at radius 3 is 2.07 bits per heavy atom. The van der Waals surface area contributed by atoms with Crippen molar-refractivity contribution in [2.24, 2.45) is 5.92 Å².